The van der Waals surface area contributed by atoms with Gasteiger partial charge in [-0.15, -0.1) is 0 Å². The van der Waals surface area contributed by atoms with E-state index in [1.165, 1.54) is 80.8 Å². The number of halogens is 1. The fourth-order valence-electron chi connectivity index (χ4n) is 3.13. The molecule has 0 aliphatic heterocycles. The minimum atomic E-state index is 0.828. The summed E-state index contributed by atoms with van der Waals surface area (Å²) in [5.74, 6) is 0. The molecular weight excluding hydrogens is 298 g/mol. The summed E-state index contributed by atoms with van der Waals surface area (Å²) in [5.41, 5.74) is 0. The molecule has 0 heterocycles. The second-order valence-electron chi connectivity index (χ2n) is 6.05. The van der Waals surface area contributed by atoms with E-state index in [0.717, 1.165) is 6.04 Å². The molecule has 19 heavy (non-hydrogen) atoms. The van der Waals surface area contributed by atoms with Crippen LogP contribution in [0.5, 0.6) is 0 Å². The molecule has 0 aromatic heterocycles. The summed E-state index contributed by atoms with van der Waals surface area (Å²) >= 11 is 3.81. The molecule has 0 aromatic carbocycles. The van der Waals surface area contributed by atoms with E-state index in [4.69, 9.17) is 0 Å². The summed E-state index contributed by atoms with van der Waals surface area (Å²) in [7, 11) is 0. The maximum absolute atomic E-state index is 3.81. The van der Waals surface area contributed by atoms with Gasteiger partial charge in [0.05, 0.1) is 31.0 Å². The number of unbranched alkanes of at least 4 members (excludes halogenated alkanes) is 3. The van der Waals surface area contributed by atoms with Gasteiger partial charge in [0, 0.05) is 6.42 Å². The molecule has 0 aliphatic carbocycles. The molecule has 0 amide bonds. The van der Waals surface area contributed by atoms with Crippen molar-refractivity contribution in [3.63, 3.8) is 0 Å². The zero-order valence-electron chi connectivity index (χ0n) is 13.9. The SMILES string of the molecule is CCCC[N+](CCCC)(CCCC)C(CBr)CCC. The summed E-state index contributed by atoms with van der Waals surface area (Å²) in [4.78, 5) is 0. The van der Waals surface area contributed by atoms with Gasteiger partial charge >= 0.3 is 0 Å². The van der Waals surface area contributed by atoms with Crippen molar-refractivity contribution in [1.29, 1.82) is 0 Å². The highest BCUT2D eigenvalue weighted by Gasteiger charge is 2.33. The van der Waals surface area contributed by atoms with Crippen LogP contribution in [0.25, 0.3) is 0 Å². The first-order chi connectivity index (χ1) is 9.20. The Balaban J connectivity index is 4.92. The Morgan fingerprint density at radius 2 is 1.16 bits per heavy atom. The van der Waals surface area contributed by atoms with E-state index in [2.05, 4.69) is 43.6 Å². The number of nitrogens with zero attached hydrogens (tertiary/aromatic N) is 1. The second kappa shape index (κ2) is 12.2. The summed E-state index contributed by atoms with van der Waals surface area (Å²) in [5, 5.41) is 1.18. The fourth-order valence-corrected chi connectivity index (χ4v) is 4.07. The average molecular weight is 335 g/mol. The summed E-state index contributed by atoms with van der Waals surface area (Å²) in [6, 6.07) is 0.828. The highest BCUT2D eigenvalue weighted by Crippen LogP contribution is 2.24. The normalized spacial score (nSPS) is 13.7. The average Bonchev–Trinajstić information content (AvgIpc) is 2.44. The number of hydrogen-bond acceptors (Lipinski definition) is 0. The van der Waals surface area contributed by atoms with Crippen LogP contribution in [0.4, 0.5) is 0 Å². The van der Waals surface area contributed by atoms with Crippen molar-refractivity contribution in [3.8, 4) is 0 Å². The number of hydrogen-bond donors (Lipinski definition) is 0. The predicted octanol–water partition coefficient (Wildman–Crippen LogP) is 5.77. The van der Waals surface area contributed by atoms with Gasteiger partial charge in [0.25, 0.3) is 0 Å². The maximum atomic E-state index is 3.81. The highest BCUT2D eigenvalue weighted by molar-refractivity contribution is 9.09. The monoisotopic (exact) mass is 334 g/mol. The Morgan fingerprint density at radius 1 is 0.737 bits per heavy atom. The van der Waals surface area contributed by atoms with Gasteiger partial charge in [-0.3, -0.25) is 0 Å². The lowest BCUT2D eigenvalue weighted by atomic mass is 10.0. The van der Waals surface area contributed by atoms with Gasteiger partial charge in [-0.1, -0.05) is 69.3 Å². The van der Waals surface area contributed by atoms with E-state index in [0.29, 0.717) is 0 Å². The van der Waals surface area contributed by atoms with Crippen molar-refractivity contribution < 1.29 is 4.48 Å². The molecule has 1 atom stereocenters. The third-order valence-electron chi connectivity index (χ3n) is 4.45. The fraction of sp³-hybridized carbons (Fsp3) is 1.00. The quantitative estimate of drug-likeness (QED) is 0.296. The first kappa shape index (κ1) is 19.4. The van der Waals surface area contributed by atoms with Crippen molar-refractivity contribution in [2.75, 3.05) is 25.0 Å². The molecule has 116 valence electrons. The molecule has 1 nitrogen and oxygen atoms in total. The van der Waals surface area contributed by atoms with Gasteiger partial charge in [0.15, 0.2) is 0 Å². The lowest BCUT2D eigenvalue weighted by molar-refractivity contribution is -0.949. The first-order valence-electron chi connectivity index (χ1n) is 8.62. The maximum Gasteiger partial charge on any atom is 0.0988 e. The first-order valence-corrected chi connectivity index (χ1v) is 9.74. The molecule has 0 aromatic rings. The molecule has 0 rings (SSSR count). The Bertz CT molecular complexity index is 172. The van der Waals surface area contributed by atoms with Crippen LogP contribution >= 0.6 is 15.9 Å². The van der Waals surface area contributed by atoms with Gasteiger partial charge in [-0.2, -0.15) is 0 Å². The van der Waals surface area contributed by atoms with Crippen molar-refractivity contribution in [3.05, 3.63) is 0 Å². The zero-order chi connectivity index (χ0) is 14.6. The molecule has 0 fully saturated rings. The molecule has 0 saturated heterocycles. The molecule has 0 bridgehead atoms. The molecule has 0 N–H and O–H groups in total. The van der Waals surface area contributed by atoms with Crippen LogP contribution in [0.15, 0.2) is 0 Å². The Hall–Kier alpha value is 0.440. The van der Waals surface area contributed by atoms with Crippen LogP contribution in [0.1, 0.15) is 79.1 Å². The third kappa shape index (κ3) is 7.13. The molecule has 0 aliphatic rings. The van der Waals surface area contributed by atoms with E-state index in [-0.39, 0.29) is 0 Å². The minimum absolute atomic E-state index is 0.828. The Kier molecular flexibility index (Phi) is 12.5. The predicted molar refractivity (Wildman–Crippen MR) is 92.1 cm³/mol. The molecule has 2 heteroatoms. The molecule has 0 radical (unpaired) electrons. The number of quaternary nitrogens is 1. The van der Waals surface area contributed by atoms with Gasteiger partial charge < -0.3 is 4.48 Å². The van der Waals surface area contributed by atoms with Crippen LogP contribution in [0, 0.1) is 0 Å². The molecular formula is C17H37BrN+. The highest BCUT2D eigenvalue weighted by atomic mass is 79.9. The number of rotatable bonds is 13. The largest absolute Gasteiger partial charge is 0.320 e. The molecule has 1 unspecified atom stereocenters. The lowest BCUT2D eigenvalue weighted by Crippen LogP contribution is -2.57. The van der Waals surface area contributed by atoms with Crippen LogP contribution in [0.3, 0.4) is 0 Å². The van der Waals surface area contributed by atoms with E-state index in [1.807, 2.05) is 0 Å². The molecule has 0 saturated carbocycles. The summed E-state index contributed by atoms with van der Waals surface area (Å²) < 4.78 is 1.38. The Labute approximate surface area is 130 Å². The van der Waals surface area contributed by atoms with Crippen LogP contribution in [-0.2, 0) is 0 Å². The minimum Gasteiger partial charge on any atom is -0.320 e. The van der Waals surface area contributed by atoms with E-state index in [1.54, 1.807) is 0 Å². The lowest BCUT2D eigenvalue weighted by Gasteiger charge is -2.45. The zero-order valence-corrected chi connectivity index (χ0v) is 15.5. The molecule has 0 spiro atoms. The summed E-state index contributed by atoms with van der Waals surface area (Å²) in [6.07, 6.45) is 10.9. The van der Waals surface area contributed by atoms with Crippen LogP contribution < -0.4 is 0 Å². The van der Waals surface area contributed by atoms with Gasteiger partial charge in [-0.05, 0) is 19.3 Å². The van der Waals surface area contributed by atoms with Crippen molar-refractivity contribution in [2.45, 2.75) is 85.1 Å². The van der Waals surface area contributed by atoms with Crippen molar-refractivity contribution in [1.82, 2.24) is 0 Å². The summed E-state index contributed by atoms with van der Waals surface area (Å²) in [6.45, 7) is 13.5. The standard InChI is InChI=1S/C17H37BrN/c1-5-9-13-19(14-10-6-2,15-11-7-3)17(16-18)12-8-4/h17H,5-16H2,1-4H3/q+1. The third-order valence-corrected chi connectivity index (χ3v) is 5.19. The topological polar surface area (TPSA) is 0 Å². The van der Waals surface area contributed by atoms with Gasteiger partial charge in [0.1, 0.15) is 0 Å². The smallest absolute Gasteiger partial charge is 0.0988 e. The Morgan fingerprint density at radius 3 is 1.42 bits per heavy atom. The van der Waals surface area contributed by atoms with E-state index in [9.17, 15) is 0 Å². The number of alkyl halides is 1. The van der Waals surface area contributed by atoms with Crippen LogP contribution in [-0.4, -0.2) is 35.5 Å². The van der Waals surface area contributed by atoms with Crippen molar-refractivity contribution >= 4 is 15.9 Å². The van der Waals surface area contributed by atoms with Crippen molar-refractivity contribution in [2.24, 2.45) is 0 Å². The van der Waals surface area contributed by atoms with Gasteiger partial charge in [-0.25, -0.2) is 0 Å². The van der Waals surface area contributed by atoms with Gasteiger partial charge in [0.2, 0.25) is 0 Å². The van der Waals surface area contributed by atoms with E-state index < -0.39 is 0 Å². The van der Waals surface area contributed by atoms with E-state index >= 15 is 0 Å². The second-order valence-corrected chi connectivity index (χ2v) is 6.69. The van der Waals surface area contributed by atoms with Crippen LogP contribution in [0.2, 0.25) is 0 Å².